The summed E-state index contributed by atoms with van der Waals surface area (Å²) >= 11 is 1.44. The lowest BCUT2D eigenvalue weighted by Gasteiger charge is -2.19. The molecule has 0 aliphatic heterocycles. The summed E-state index contributed by atoms with van der Waals surface area (Å²) < 4.78 is 10.7. The molecule has 2 amide bonds. The lowest BCUT2D eigenvalue weighted by atomic mass is 10.1. The molecule has 2 N–H and O–H groups in total. The van der Waals surface area contributed by atoms with E-state index in [0.29, 0.717) is 23.6 Å². The average molecular weight is 479 g/mol. The van der Waals surface area contributed by atoms with Crippen LogP contribution in [-0.2, 0) is 9.59 Å². The molecule has 0 saturated carbocycles. The Balaban J connectivity index is 1.77. The second-order valence-electron chi connectivity index (χ2n) is 7.64. The van der Waals surface area contributed by atoms with E-state index in [-0.39, 0.29) is 11.8 Å². The van der Waals surface area contributed by atoms with Crippen molar-refractivity contribution < 1.29 is 19.1 Å². The fourth-order valence-corrected chi connectivity index (χ4v) is 4.34. The lowest BCUT2D eigenvalue weighted by Crippen LogP contribution is -2.19. The van der Waals surface area contributed by atoms with E-state index in [0.717, 1.165) is 29.0 Å². The number of hydrogen-bond donors (Lipinski definition) is 2. The molecule has 1 unspecified atom stereocenters. The normalized spacial score (nSPS) is 11.4. The largest absolute Gasteiger partial charge is 0.497 e. The van der Waals surface area contributed by atoms with Crippen molar-refractivity contribution in [1.29, 1.82) is 0 Å². The first-order valence-electron chi connectivity index (χ1n) is 11.2. The van der Waals surface area contributed by atoms with Gasteiger partial charge in [-0.25, -0.2) is 0 Å². The summed E-state index contributed by atoms with van der Waals surface area (Å²) in [5, 5.41) is 5.42. The van der Waals surface area contributed by atoms with Crippen molar-refractivity contribution in [3.63, 3.8) is 0 Å². The summed E-state index contributed by atoms with van der Waals surface area (Å²) in [4.78, 5) is 26.3. The maximum atomic E-state index is 13.4. The molecule has 3 aromatic carbocycles. The van der Waals surface area contributed by atoms with Crippen LogP contribution in [0.5, 0.6) is 11.5 Å². The summed E-state index contributed by atoms with van der Waals surface area (Å²) in [6.45, 7) is 2.06. The minimum atomic E-state index is -0.488. The number of methoxy groups -OCH3 is 2. The van der Waals surface area contributed by atoms with Crippen LogP contribution in [0.1, 0.15) is 37.0 Å². The Morgan fingerprint density at radius 1 is 0.912 bits per heavy atom. The Morgan fingerprint density at radius 3 is 2.29 bits per heavy atom. The molecular weight excluding hydrogens is 448 g/mol. The number of benzene rings is 3. The second kappa shape index (κ2) is 12.7. The van der Waals surface area contributed by atoms with Crippen LogP contribution in [-0.4, -0.2) is 26.0 Å². The molecule has 0 aliphatic rings. The number of hydrogen-bond acceptors (Lipinski definition) is 5. The van der Waals surface area contributed by atoms with Gasteiger partial charge < -0.3 is 20.1 Å². The smallest absolute Gasteiger partial charge is 0.242 e. The van der Waals surface area contributed by atoms with Gasteiger partial charge in [-0.15, -0.1) is 11.8 Å². The number of thioether (sulfide) groups is 1. The molecule has 1 atom stereocenters. The molecule has 0 aliphatic carbocycles. The van der Waals surface area contributed by atoms with Crippen LogP contribution in [0.4, 0.5) is 11.4 Å². The highest BCUT2D eigenvalue weighted by Gasteiger charge is 2.23. The zero-order valence-corrected chi connectivity index (χ0v) is 20.5. The van der Waals surface area contributed by atoms with E-state index >= 15 is 0 Å². The summed E-state index contributed by atoms with van der Waals surface area (Å²) in [5.41, 5.74) is 2.20. The van der Waals surface area contributed by atoms with Crippen LogP contribution >= 0.6 is 11.8 Å². The van der Waals surface area contributed by atoms with E-state index in [1.807, 2.05) is 54.6 Å². The first-order valence-corrected chi connectivity index (χ1v) is 12.1. The number of nitrogens with one attached hydrogen (secondary N) is 2. The van der Waals surface area contributed by atoms with Gasteiger partial charge >= 0.3 is 0 Å². The van der Waals surface area contributed by atoms with E-state index in [2.05, 4.69) is 17.6 Å². The number of anilines is 2. The highest BCUT2D eigenvalue weighted by atomic mass is 32.2. The number of ether oxygens (including phenoxy) is 2. The molecule has 0 radical (unpaired) electrons. The molecule has 7 heteroatoms. The molecule has 3 aromatic rings. The van der Waals surface area contributed by atoms with Crippen LogP contribution < -0.4 is 20.1 Å². The Hall–Kier alpha value is -3.45. The predicted molar refractivity (Wildman–Crippen MR) is 138 cm³/mol. The van der Waals surface area contributed by atoms with Gasteiger partial charge in [0.15, 0.2) is 0 Å². The minimum absolute atomic E-state index is 0.0113. The maximum absolute atomic E-state index is 13.4. The number of unbranched alkanes of at least 4 members (excludes halogenated alkanes) is 1. The Labute approximate surface area is 205 Å². The summed E-state index contributed by atoms with van der Waals surface area (Å²) in [6.07, 6.45) is 2.36. The van der Waals surface area contributed by atoms with Crippen molar-refractivity contribution in [1.82, 2.24) is 0 Å². The van der Waals surface area contributed by atoms with Gasteiger partial charge in [0, 0.05) is 23.1 Å². The van der Waals surface area contributed by atoms with Gasteiger partial charge in [0.25, 0.3) is 0 Å². The van der Waals surface area contributed by atoms with Crippen molar-refractivity contribution in [2.45, 2.75) is 36.3 Å². The molecular formula is C27H30N2O4S. The Morgan fingerprint density at radius 2 is 1.65 bits per heavy atom. The molecule has 0 saturated heterocycles. The van der Waals surface area contributed by atoms with Gasteiger partial charge in [-0.3, -0.25) is 9.59 Å². The standard InChI is InChI=1S/C27H30N2O4S/c1-4-5-11-25(30)28-20-12-15-22(16-13-20)34-26(19-9-7-6-8-10-19)27(31)29-23-17-14-21(32-2)18-24(23)33-3/h6-10,12-18,26H,4-5,11H2,1-3H3,(H,28,30)(H,29,31). The van der Waals surface area contributed by atoms with Crippen molar-refractivity contribution in [2.24, 2.45) is 0 Å². The SMILES string of the molecule is CCCCC(=O)Nc1ccc(SC(C(=O)Nc2ccc(OC)cc2OC)c2ccccc2)cc1. The zero-order valence-electron chi connectivity index (χ0n) is 19.7. The van der Waals surface area contributed by atoms with E-state index in [4.69, 9.17) is 9.47 Å². The van der Waals surface area contributed by atoms with Crippen LogP contribution in [0.15, 0.2) is 77.7 Å². The molecule has 34 heavy (non-hydrogen) atoms. The van der Waals surface area contributed by atoms with Crippen molar-refractivity contribution in [2.75, 3.05) is 24.9 Å². The topological polar surface area (TPSA) is 76.7 Å². The number of amides is 2. The predicted octanol–water partition coefficient (Wildman–Crippen LogP) is 6.30. The number of carbonyl (C=O) groups excluding carboxylic acids is 2. The molecule has 0 fully saturated rings. The highest BCUT2D eigenvalue weighted by Crippen LogP contribution is 2.38. The van der Waals surface area contributed by atoms with Gasteiger partial charge in [-0.2, -0.15) is 0 Å². The molecule has 6 nitrogen and oxygen atoms in total. The Kier molecular flexibility index (Phi) is 9.40. The van der Waals surface area contributed by atoms with Gasteiger partial charge in [0.05, 0.1) is 19.9 Å². The van der Waals surface area contributed by atoms with Gasteiger partial charge in [0.1, 0.15) is 16.7 Å². The van der Waals surface area contributed by atoms with E-state index in [1.165, 1.54) is 11.8 Å². The van der Waals surface area contributed by atoms with Crippen molar-refractivity contribution in [3.8, 4) is 11.5 Å². The molecule has 178 valence electrons. The van der Waals surface area contributed by atoms with E-state index in [9.17, 15) is 9.59 Å². The van der Waals surface area contributed by atoms with Crippen LogP contribution in [0.3, 0.4) is 0 Å². The van der Waals surface area contributed by atoms with Gasteiger partial charge in [0.2, 0.25) is 11.8 Å². The molecule has 0 heterocycles. The van der Waals surface area contributed by atoms with Gasteiger partial charge in [-0.05, 0) is 48.4 Å². The third kappa shape index (κ3) is 7.02. The summed E-state index contributed by atoms with van der Waals surface area (Å²) in [5.74, 6) is 1.01. The highest BCUT2D eigenvalue weighted by molar-refractivity contribution is 8.00. The average Bonchev–Trinajstić information content (AvgIpc) is 2.87. The monoisotopic (exact) mass is 478 g/mol. The summed E-state index contributed by atoms with van der Waals surface area (Å²) in [7, 11) is 3.13. The van der Waals surface area contributed by atoms with Gasteiger partial charge in [-0.1, -0.05) is 43.7 Å². The van der Waals surface area contributed by atoms with E-state index in [1.54, 1.807) is 32.4 Å². The van der Waals surface area contributed by atoms with Crippen molar-refractivity contribution >= 4 is 35.0 Å². The molecule has 0 spiro atoms. The van der Waals surface area contributed by atoms with E-state index < -0.39 is 5.25 Å². The fraction of sp³-hybridized carbons (Fsp3) is 0.259. The minimum Gasteiger partial charge on any atom is -0.497 e. The lowest BCUT2D eigenvalue weighted by molar-refractivity contribution is -0.116. The molecule has 0 aromatic heterocycles. The Bertz CT molecular complexity index is 1090. The summed E-state index contributed by atoms with van der Waals surface area (Å²) in [6, 6.07) is 22.4. The first kappa shape index (κ1) is 25.2. The quantitative estimate of drug-likeness (QED) is 0.316. The van der Waals surface area contributed by atoms with Crippen molar-refractivity contribution in [3.05, 3.63) is 78.4 Å². The third-order valence-corrected chi connectivity index (χ3v) is 6.42. The van der Waals surface area contributed by atoms with Crippen LogP contribution in [0.25, 0.3) is 0 Å². The third-order valence-electron chi connectivity index (χ3n) is 5.16. The fourth-order valence-electron chi connectivity index (χ4n) is 3.31. The molecule has 3 rings (SSSR count). The maximum Gasteiger partial charge on any atom is 0.242 e. The van der Waals surface area contributed by atoms with Crippen LogP contribution in [0.2, 0.25) is 0 Å². The number of rotatable bonds is 11. The first-order chi connectivity index (χ1) is 16.5. The molecule has 0 bridgehead atoms. The van der Waals surface area contributed by atoms with Crippen LogP contribution in [0, 0.1) is 0 Å². The second-order valence-corrected chi connectivity index (χ2v) is 8.82. The number of carbonyl (C=O) groups is 2. The zero-order chi connectivity index (χ0) is 24.3.